The first kappa shape index (κ1) is 16.8. The highest BCUT2D eigenvalue weighted by atomic mass is 35.5. The van der Waals surface area contributed by atoms with Gasteiger partial charge in [0.15, 0.2) is 0 Å². The zero-order chi connectivity index (χ0) is 15.8. The van der Waals surface area contributed by atoms with Crippen LogP contribution in [0.3, 0.4) is 0 Å². The van der Waals surface area contributed by atoms with Crippen LogP contribution in [-0.4, -0.2) is 22.2 Å². The fourth-order valence-corrected chi connectivity index (χ4v) is 2.94. The summed E-state index contributed by atoms with van der Waals surface area (Å²) in [5.74, 6) is -1.47. The van der Waals surface area contributed by atoms with Crippen molar-refractivity contribution in [3.05, 3.63) is 34.4 Å². The lowest BCUT2D eigenvalue weighted by Gasteiger charge is -2.37. The van der Waals surface area contributed by atoms with E-state index >= 15 is 0 Å². The third-order valence-electron chi connectivity index (χ3n) is 3.93. The van der Waals surface area contributed by atoms with E-state index in [1.807, 2.05) is 0 Å². The summed E-state index contributed by atoms with van der Waals surface area (Å²) in [4.78, 5) is 0. The van der Waals surface area contributed by atoms with E-state index in [4.69, 9.17) is 21.5 Å². The molecule has 7 heteroatoms. The minimum absolute atomic E-state index is 0.0582. The fraction of sp³-hybridized carbons (Fsp3) is 0.571. The molecule has 21 heavy (non-hydrogen) atoms. The van der Waals surface area contributed by atoms with E-state index < -0.39 is 27.4 Å². The predicted octanol–water partition coefficient (Wildman–Crippen LogP) is 3.14. The molecule has 0 aromatic heterocycles. The molecule has 1 aliphatic rings. The molecule has 0 spiro atoms. The second kappa shape index (κ2) is 6.28. The van der Waals surface area contributed by atoms with Gasteiger partial charge in [-0.1, -0.05) is 11.6 Å². The Hall–Kier alpha value is -0.560. The van der Waals surface area contributed by atoms with Gasteiger partial charge >= 0.3 is 0 Å². The first-order valence-corrected chi connectivity index (χ1v) is 8.20. The molecule has 118 valence electrons. The molecule has 2 rings (SSSR count). The molecule has 0 radical (unpaired) electrons. The van der Waals surface area contributed by atoms with Gasteiger partial charge in [-0.05, 0) is 43.9 Å². The lowest BCUT2D eigenvalue weighted by molar-refractivity contribution is -0.0477. The SMILES string of the molecule is CC(C)(CC(c1cc(F)c(Cl)cc1F)C1COC1)S(N)=O. The molecule has 0 saturated carbocycles. The van der Waals surface area contributed by atoms with Crippen molar-refractivity contribution in [3.8, 4) is 0 Å². The highest BCUT2D eigenvalue weighted by Crippen LogP contribution is 2.40. The molecule has 1 aromatic rings. The van der Waals surface area contributed by atoms with E-state index in [1.165, 1.54) is 0 Å². The van der Waals surface area contributed by atoms with E-state index in [-0.39, 0.29) is 22.4 Å². The monoisotopic (exact) mass is 337 g/mol. The maximum atomic E-state index is 14.2. The molecule has 0 aliphatic carbocycles. The van der Waals surface area contributed by atoms with Crippen molar-refractivity contribution in [1.29, 1.82) is 0 Å². The molecular formula is C14H18ClF2NO2S. The van der Waals surface area contributed by atoms with Gasteiger partial charge in [0.1, 0.15) is 11.6 Å². The second-order valence-electron chi connectivity index (χ2n) is 5.95. The van der Waals surface area contributed by atoms with Crippen molar-refractivity contribution < 1.29 is 17.7 Å². The zero-order valence-electron chi connectivity index (χ0n) is 11.9. The highest BCUT2D eigenvalue weighted by molar-refractivity contribution is 7.84. The van der Waals surface area contributed by atoms with Crippen LogP contribution in [0.1, 0.15) is 31.7 Å². The van der Waals surface area contributed by atoms with Crippen LogP contribution in [0.25, 0.3) is 0 Å². The fourth-order valence-electron chi connectivity index (χ4n) is 2.45. The molecule has 2 N–H and O–H groups in total. The first-order valence-electron chi connectivity index (χ1n) is 6.61. The quantitative estimate of drug-likeness (QED) is 0.839. The van der Waals surface area contributed by atoms with E-state index in [0.717, 1.165) is 12.1 Å². The first-order chi connectivity index (χ1) is 9.72. The van der Waals surface area contributed by atoms with E-state index in [9.17, 15) is 13.0 Å². The Bertz CT molecular complexity index is 564. The average molecular weight is 338 g/mol. The van der Waals surface area contributed by atoms with Crippen LogP contribution in [0.2, 0.25) is 5.02 Å². The molecule has 1 aromatic carbocycles. The normalized spacial score (nSPS) is 19.1. The highest BCUT2D eigenvalue weighted by Gasteiger charge is 2.37. The number of halogens is 3. The Morgan fingerprint density at radius 1 is 1.43 bits per heavy atom. The largest absolute Gasteiger partial charge is 0.381 e. The molecule has 1 aliphatic heterocycles. The van der Waals surface area contributed by atoms with Crippen molar-refractivity contribution in [2.24, 2.45) is 11.1 Å². The van der Waals surface area contributed by atoms with Crippen LogP contribution in [0, 0.1) is 17.6 Å². The van der Waals surface area contributed by atoms with Crippen molar-refractivity contribution in [2.45, 2.75) is 30.9 Å². The van der Waals surface area contributed by atoms with E-state index in [0.29, 0.717) is 19.6 Å². The number of hydrogen-bond acceptors (Lipinski definition) is 2. The van der Waals surface area contributed by atoms with Gasteiger partial charge in [0, 0.05) is 5.92 Å². The molecule has 1 saturated heterocycles. The van der Waals surface area contributed by atoms with E-state index in [1.54, 1.807) is 13.8 Å². The van der Waals surface area contributed by atoms with Gasteiger partial charge in [0.25, 0.3) is 0 Å². The Morgan fingerprint density at radius 2 is 2.05 bits per heavy atom. The Balaban J connectivity index is 2.37. The number of benzene rings is 1. The molecular weight excluding hydrogens is 320 g/mol. The molecule has 2 unspecified atom stereocenters. The predicted molar refractivity (Wildman–Crippen MR) is 79.4 cm³/mol. The summed E-state index contributed by atoms with van der Waals surface area (Å²) in [6, 6.07) is 2.10. The minimum Gasteiger partial charge on any atom is -0.381 e. The lowest BCUT2D eigenvalue weighted by Crippen LogP contribution is -2.40. The van der Waals surface area contributed by atoms with Gasteiger partial charge in [-0.3, -0.25) is 5.14 Å². The molecule has 0 amide bonds. The number of nitrogens with two attached hydrogens (primary N) is 1. The van der Waals surface area contributed by atoms with E-state index in [2.05, 4.69) is 0 Å². The zero-order valence-corrected chi connectivity index (χ0v) is 13.4. The summed E-state index contributed by atoms with van der Waals surface area (Å²) in [5.41, 5.74) is 0.240. The van der Waals surface area contributed by atoms with Gasteiger partial charge in [-0.15, -0.1) is 0 Å². The van der Waals surface area contributed by atoms with Gasteiger partial charge in [-0.25, -0.2) is 13.0 Å². The van der Waals surface area contributed by atoms with Gasteiger partial charge in [0.05, 0.1) is 34.0 Å². The van der Waals surface area contributed by atoms with Crippen molar-refractivity contribution in [2.75, 3.05) is 13.2 Å². The second-order valence-corrected chi connectivity index (χ2v) is 8.06. The number of rotatable bonds is 5. The molecule has 3 nitrogen and oxygen atoms in total. The summed E-state index contributed by atoms with van der Waals surface area (Å²) in [6.45, 7) is 4.45. The topological polar surface area (TPSA) is 52.3 Å². The van der Waals surface area contributed by atoms with Crippen LogP contribution in [0.5, 0.6) is 0 Å². The number of ether oxygens (including phenoxy) is 1. The molecule has 1 fully saturated rings. The molecule has 1 heterocycles. The van der Waals surface area contributed by atoms with Crippen LogP contribution in [0.4, 0.5) is 8.78 Å². The third-order valence-corrected chi connectivity index (χ3v) is 5.47. The summed E-state index contributed by atoms with van der Waals surface area (Å²) in [6.07, 6.45) is 0.377. The maximum Gasteiger partial charge on any atom is 0.142 e. The lowest BCUT2D eigenvalue weighted by atomic mass is 9.79. The minimum atomic E-state index is -1.56. The Labute approximate surface area is 130 Å². The molecule has 2 atom stereocenters. The number of hydrogen-bond donors (Lipinski definition) is 1. The summed E-state index contributed by atoms with van der Waals surface area (Å²) >= 11 is 5.59. The van der Waals surface area contributed by atoms with Gasteiger partial charge in [0.2, 0.25) is 0 Å². The third kappa shape index (κ3) is 3.62. The van der Waals surface area contributed by atoms with Crippen LogP contribution < -0.4 is 5.14 Å². The van der Waals surface area contributed by atoms with Crippen LogP contribution in [0.15, 0.2) is 12.1 Å². The molecule has 0 bridgehead atoms. The summed E-state index contributed by atoms with van der Waals surface area (Å²) in [7, 11) is -1.56. The smallest absolute Gasteiger partial charge is 0.142 e. The van der Waals surface area contributed by atoms with Gasteiger partial charge < -0.3 is 4.74 Å². The Kier molecular flexibility index (Phi) is 5.03. The average Bonchev–Trinajstić information content (AvgIpc) is 2.30. The van der Waals surface area contributed by atoms with Crippen molar-refractivity contribution in [3.63, 3.8) is 0 Å². The standard InChI is InChI=1S/C14H18ClF2NO2S/c1-14(2,21(18)19)5-10(8-6-20-7-8)9-3-13(17)11(15)4-12(9)16/h3-4,8,10H,5-7,18H2,1-2H3. The maximum absolute atomic E-state index is 14.2. The Morgan fingerprint density at radius 3 is 2.52 bits per heavy atom. The van der Waals surface area contributed by atoms with Crippen LogP contribution in [-0.2, 0) is 15.7 Å². The summed E-state index contributed by atoms with van der Waals surface area (Å²) in [5, 5.41) is 5.25. The summed E-state index contributed by atoms with van der Waals surface area (Å²) < 4.78 is 43.9. The van der Waals surface area contributed by atoms with Crippen LogP contribution >= 0.6 is 11.6 Å². The van der Waals surface area contributed by atoms with Crippen molar-refractivity contribution >= 4 is 22.6 Å². The van der Waals surface area contributed by atoms with Crippen molar-refractivity contribution in [1.82, 2.24) is 0 Å². The van der Waals surface area contributed by atoms with Gasteiger partial charge in [-0.2, -0.15) is 0 Å².